The third-order valence-electron chi connectivity index (χ3n) is 4.07. The monoisotopic (exact) mass is 254 g/mol. The molecule has 1 fully saturated rings. The van der Waals surface area contributed by atoms with Crippen LogP contribution in [0.2, 0.25) is 0 Å². The van der Waals surface area contributed by atoms with Crippen LogP contribution in [0.4, 0.5) is 0 Å². The fourth-order valence-corrected chi connectivity index (χ4v) is 2.89. The van der Waals surface area contributed by atoms with Crippen LogP contribution in [0.25, 0.3) is 0 Å². The lowest BCUT2D eigenvalue weighted by molar-refractivity contribution is -0.133. The van der Waals surface area contributed by atoms with Gasteiger partial charge in [-0.25, -0.2) is 0 Å². The van der Waals surface area contributed by atoms with Crippen LogP contribution in [0.1, 0.15) is 59.3 Å². The van der Waals surface area contributed by atoms with Gasteiger partial charge in [-0.05, 0) is 25.3 Å². The summed E-state index contributed by atoms with van der Waals surface area (Å²) in [7, 11) is 0. The summed E-state index contributed by atoms with van der Waals surface area (Å²) in [5.41, 5.74) is 0. The molecule has 1 saturated heterocycles. The molecule has 1 amide bonds. The Morgan fingerprint density at radius 1 is 1.28 bits per heavy atom. The summed E-state index contributed by atoms with van der Waals surface area (Å²) < 4.78 is 0. The number of amides is 1. The zero-order valence-electron chi connectivity index (χ0n) is 12.4. The van der Waals surface area contributed by atoms with Crippen molar-refractivity contribution in [3.63, 3.8) is 0 Å². The van der Waals surface area contributed by atoms with Crippen molar-refractivity contribution in [1.29, 1.82) is 0 Å². The number of rotatable bonds is 7. The van der Waals surface area contributed by atoms with E-state index in [9.17, 15) is 4.79 Å². The second-order valence-corrected chi connectivity index (χ2v) is 5.42. The molecule has 3 heteroatoms. The van der Waals surface area contributed by atoms with E-state index in [1.807, 2.05) is 0 Å². The first-order chi connectivity index (χ1) is 8.72. The van der Waals surface area contributed by atoms with E-state index in [4.69, 9.17) is 0 Å². The molecule has 1 heterocycles. The van der Waals surface area contributed by atoms with Crippen LogP contribution in [-0.4, -0.2) is 36.5 Å². The summed E-state index contributed by atoms with van der Waals surface area (Å²) in [4.78, 5) is 14.2. The maximum atomic E-state index is 12.1. The smallest absolute Gasteiger partial charge is 0.222 e. The van der Waals surface area contributed by atoms with Crippen LogP contribution in [0.15, 0.2) is 0 Å². The second-order valence-electron chi connectivity index (χ2n) is 5.42. The van der Waals surface area contributed by atoms with Crippen LogP contribution in [0.5, 0.6) is 0 Å². The molecule has 1 aliphatic heterocycles. The Bertz CT molecular complexity index is 243. The number of hydrogen-bond donors (Lipinski definition) is 1. The number of unbranched alkanes of at least 4 members (excludes halogenated alkanes) is 2. The molecule has 1 aliphatic rings. The number of nitrogens with zero attached hydrogens (tertiary/aromatic N) is 1. The van der Waals surface area contributed by atoms with Gasteiger partial charge in [-0.15, -0.1) is 0 Å². The third kappa shape index (κ3) is 4.60. The molecule has 0 aromatic heterocycles. The molecule has 1 N–H and O–H groups in total. The van der Waals surface area contributed by atoms with Crippen LogP contribution >= 0.6 is 0 Å². The van der Waals surface area contributed by atoms with Gasteiger partial charge in [0.05, 0.1) is 0 Å². The van der Waals surface area contributed by atoms with Gasteiger partial charge in [-0.2, -0.15) is 0 Å². The lowest BCUT2D eigenvalue weighted by Crippen LogP contribution is -2.50. The normalized spacial score (nSPS) is 24.3. The van der Waals surface area contributed by atoms with E-state index < -0.39 is 0 Å². The van der Waals surface area contributed by atoms with E-state index in [2.05, 4.69) is 31.0 Å². The summed E-state index contributed by atoms with van der Waals surface area (Å²) in [6, 6.07) is 0.611. The van der Waals surface area contributed by atoms with Crippen molar-refractivity contribution in [3.8, 4) is 0 Å². The SMILES string of the molecule is CCCCCC(=O)N1CCC(NCC)C(CC)C1. The number of carbonyl (C=O) groups is 1. The number of piperidine rings is 1. The summed E-state index contributed by atoms with van der Waals surface area (Å²) in [5, 5.41) is 3.56. The highest BCUT2D eigenvalue weighted by molar-refractivity contribution is 5.76. The van der Waals surface area contributed by atoms with E-state index in [1.54, 1.807) is 0 Å². The molecule has 0 aromatic carbocycles. The zero-order chi connectivity index (χ0) is 13.4. The first-order valence-electron chi connectivity index (χ1n) is 7.74. The number of likely N-dealkylation sites (tertiary alicyclic amines) is 1. The van der Waals surface area contributed by atoms with E-state index in [-0.39, 0.29) is 0 Å². The lowest BCUT2D eigenvalue weighted by atomic mass is 9.89. The van der Waals surface area contributed by atoms with Gasteiger partial charge in [0.1, 0.15) is 0 Å². The maximum absolute atomic E-state index is 12.1. The number of nitrogens with one attached hydrogen (secondary N) is 1. The molecule has 2 atom stereocenters. The molecular formula is C15H30N2O. The van der Waals surface area contributed by atoms with Crippen LogP contribution in [0.3, 0.4) is 0 Å². The molecule has 0 radical (unpaired) electrons. The highest BCUT2D eigenvalue weighted by Gasteiger charge is 2.29. The van der Waals surface area contributed by atoms with Gasteiger partial charge in [-0.1, -0.05) is 40.0 Å². The first-order valence-corrected chi connectivity index (χ1v) is 7.74. The average molecular weight is 254 g/mol. The van der Waals surface area contributed by atoms with Crippen molar-refractivity contribution in [2.24, 2.45) is 5.92 Å². The minimum absolute atomic E-state index is 0.372. The molecule has 18 heavy (non-hydrogen) atoms. The van der Waals surface area contributed by atoms with Gasteiger partial charge in [0.25, 0.3) is 0 Å². The standard InChI is InChI=1S/C15H30N2O/c1-4-7-8-9-15(18)17-11-10-14(16-6-3)13(5-2)12-17/h13-14,16H,4-12H2,1-3H3. The fraction of sp³-hybridized carbons (Fsp3) is 0.933. The lowest BCUT2D eigenvalue weighted by Gasteiger charge is -2.38. The Morgan fingerprint density at radius 2 is 2.06 bits per heavy atom. The molecule has 3 nitrogen and oxygen atoms in total. The highest BCUT2D eigenvalue weighted by atomic mass is 16.2. The van der Waals surface area contributed by atoms with E-state index in [0.29, 0.717) is 17.9 Å². The molecule has 2 unspecified atom stereocenters. The van der Waals surface area contributed by atoms with Crippen molar-refractivity contribution >= 4 is 5.91 Å². The molecule has 106 valence electrons. The minimum Gasteiger partial charge on any atom is -0.342 e. The van der Waals surface area contributed by atoms with E-state index in [1.165, 1.54) is 12.8 Å². The largest absolute Gasteiger partial charge is 0.342 e. The van der Waals surface area contributed by atoms with Crippen molar-refractivity contribution < 1.29 is 4.79 Å². The Balaban J connectivity index is 2.38. The highest BCUT2D eigenvalue weighted by Crippen LogP contribution is 2.21. The van der Waals surface area contributed by atoms with Gasteiger partial charge < -0.3 is 10.2 Å². The van der Waals surface area contributed by atoms with Gasteiger partial charge in [0.2, 0.25) is 5.91 Å². The Morgan fingerprint density at radius 3 is 2.67 bits per heavy atom. The quantitative estimate of drug-likeness (QED) is 0.709. The predicted molar refractivity (Wildman–Crippen MR) is 76.6 cm³/mol. The third-order valence-corrected chi connectivity index (χ3v) is 4.07. The Hall–Kier alpha value is -0.570. The molecule has 0 bridgehead atoms. The minimum atomic E-state index is 0.372. The molecule has 0 aromatic rings. The number of carbonyl (C=O) groups excluding carboxylic acids is 1. The number of hydrogen-bond acceptors (Lipinski definition) is 2. The van der Waals surface area contributed by atoms with Gasteiger partial charge in [0.15, 0.2) is 0 Å². The Kier molecular flexibility index (Phi) is 7.33. The van der Waals surface area contributed by atoms with Gasteiger partial charge in [0, 0.05) is 25.6 Å². The predicted octanol–water partition coefficient (Wildman–Crippen LogP) is 2.80. The van der Waals surface area contributed by atoms with E-state index >= 15 is 0 Å². The summed E-state index contributed by atoms with van der Waals surface area (Å²) in [6.07, 6.45) is 6.45. The van der Waals surface area contributed by atoms with Crippen LogP contribution in [-0.2, 0) is 4.79 Å². The maximum Gasteiger partial charge on any atom is 0.222 e. The van der Waals surface area contributed by atoms with Crippen molar-refractivity contribution in [2.75, 3.05) is 19.6 Å². The van der Waals surface area contributed by atoms with Gasteiger partial charge >= 0.3 is 0 Å². The van der Waals surface area contributed by atoms with Crippen molar-refractivity contribution in [2.45, 2.75) is 65.3 Å². The van der Waals surface area contributed by atoms with Gasteiger partial charge in [-0.3, -0.25) is 4.79 Å². The Labute approximate surface area is 112 Å². The first kappa shape index (κ1) is 15.5. The molecule has 0 aliphatic carbocycles. The summed E-state index contributed by atoms with van der Waals surface area (Å²) >= 11 is 0. The topological polar surface area (TPSA) is 32.3 Å². The van der Waals surface area contributed by atoms with Crippen LogP contribution < -0.4 is 5.32 Å². The fourth-order valence-electron chi connectivity index (χ4n) is 2.89. The van der Waals surface area contributed by atoms with Crippen molar-refractivity contribution in [1.82, 2.24) is 10.2 Å². The van der Waals surface area contributed by atoms with Crippen molar-refractivity contribution in [3.05, 3.63) is 0 Å². The molecular weight excluding hydrogens is 224 g/mol. The molecule has 0 spiro atoms. The second kappa shape index (κ2) is 8.52. The molecule has 0 saturated carbocycles. The van der Waals surface area contributed by atoms with Crippen LogP contribution in [0, 0.1) is 5.92 Å². The van der Waals surface area contributed by atoms with E-state index in [0.717, 1.165) is 45.3 Å². The zero-order valence-corrected chi connectivity index (χ0v) is 12.4. The average Bonchev–Trinajstić information content (AvgIpc) is 2.39. The summed E-state index contributed by atoms with van der Waals surface area (Å²) in [5.74, 6) is 1.01. The molecule has 1 rings (SSSR count). The summed E-state index contributed by atoms with van der Waals surface area (Å²) in [6.45, 7) is 9.51.